The molecular formula is C6H8N2O. The molecule has 0 saturated heterocycles. The van der Waals surface area contributed by atoms with Crippen molar-refractivity contribution in [2.45, 2.75) is 6.42 Å². The van der Waals surface area contributed by atoms with Gasteiger partial charge in [-0.1, -0.05) is 6.08 Å². The average molecular weight is 124 g/mol. The summed E-state index contributed by atoms with van der Waals surface area (Å²) in [6.07, 6.45) is 4.96. The zero-order valence-corrected chi connectivity index (χ0v) is 4.95. The second-order valence-corrected chi connectivity index (χ2v) is 1.92. The van der Waals surface area contributed by atoms with Crippen LogP contribution >= 0.6 is 0 Å². The van der Waals surface area contributed by atoms with Crippen molar-refractivity contribution in [1.82, 2.24) is 0 Å². The molecule has 0 spiro atoms. The fourth-order valence-electron chi connectivity index (χ4n) is 0.688. The number of hydrogen-bond acceptors (Lipinski definition) is 3. The molecule has 0 aromatic heterocycles. The summed E-state index contributed by atoms with van der Waals surface area (Å²) in [6.45, 7) is 0. The van der Waals surface area contributed by atoms with Crippen molar-refractivity contribution in [1.29, 1.82) is 0 Å². The molecule has 1 atom stereocenters. The molecule has 1 heterocycles. The molecule has 1 aliphatic rings. The maximum atomic E-state index is 10.2. The Morgan fingerprint density at radius 2 is 2.67 bits per heavy atom. The number of aliphatic imine (C=N–C) groups is 1. The normalized spacial score (nSPS) is 25.3. The summed E-state index contributed by atoms with van der Waals surface area (Å²) < 4.78 is 0. The minimum atomic E-state index is -0.185. The van der Waals surface area contributed by atoms with Crippen molar-refractivity contribution in [3.05, 3.63) is 12.3 Å². The number of hydrogen-bond donors (Lipinski definition) is 1. The van der Waals surface area contributed by atoms with Gasteiger partial charge in [-0.2, -0.15) is 0 Å². The van der Waals surface area contributed by atoms with E-state index in [-0.39, 0.29) is 5.92 Å². The van der Waals surface area contributed by atoms with Crippen LogP contribution in [0.25, 0.3) is 0 Å². The zero-order valence-electron chi connectivity index (χ0n) is 4.95. The summed E-state index contributed by atoms with van der Waals surface area (Å²) >= 11 is 0. The van der Waals surface area contributed by atoms with Crippen LogP contribution in [0, 0.1) is 5.92 Å². The largest absolute Gasteiger partial charge is 0.387 e. The van der Waals surface area contributed by atoms with Gasteiger partial charge in [0, 0.05) is 6.20 Å². The van der Waals surface area contributed by atoms with E-state index in [4.69, 9.17) is 5.73 Å². The molecule has 0 radical (unpaired) electrons. The molecule has 2 N–H and O–H groups in total. The van der Waals surface area contributed by atoms with Crippen molar-refractivity contribution in [2.24, 2.45) is 16.6 Å². The molecule has 1 aliphatic heterocycles. The fourth-order valence-corrected chi connectivity index (χ4v) is 0.688. The number of nitrogens with two attached hydrogens (primary N) is 1. The maximum Gasteiger partial charge on any atom is 0.130 e. The Labute approximate surface area is 53.3 Å². The number of nitrogens with zero attached hydrogens (tertiary/aromatic N) is 1. The molecule has 0 saturated carbocycles. The standard InChI is InChI=1S/C6H8N2O/c7-6-5(4-9)2-1-3-8-6/h1,3-5H,2H2,(H2,7,8). The number of rotatable bonds is 1. The molecule has 0 aromatic carbocycles. The van der Waals surface area contributed by atoms with Gasteiger partial charge in [0.1, 0.15) is 12.1 Å². The number of allylic oxidation sites excluding steroid dienone is 1. The third-order valence-corrected chi connectivity index (χ3v) is 1.26. The van der Waals surface area contributed by atoms with Crippen molar-refractivity contribution in [3.63, 3.8) is 0 Å². The molecular weight excluding hydrogens is 116 g/mol. The van der Waals surface area contributed by atoms with Crippen LogP contribution < -0.4 is 5.73 Å². The van der Waals surface area contributed by atoms with Crippen molar-refractivity contribution in [3.8, 4) is 0 Å². The van der Waals surface area contributed by atoms with Crippen LogP contribution in [-0.4, -0.2) is 12.1 Å². The maximum absolute atomic E-state index is 10.2. The van der Waals surface area contributed by atoms with Gasteiger partial charge in [0.15, 0.2) is 0 Å². The second kappa shape index (κ2) is 2.44. The summed E-state index contributed by atoms with van der Waals surface area (Å²) in [4.78, 5) is 13.9. The number of aldehydes is 1. The minimum absolute atomic E-state index is 0.185. The fraction of sp³-hybridized carbons (Fsp3) is 0.333. The van der Waals surface area contributed by atoms with E-state index in [1.807, 2.05) is 6.08 Å². The van der Waals surface area contributed by atoms with Crippen LogP contribution in [0.15, 0.2) is 17.3 Å². The minimum Gasteiger partial charge on any atom is -0.387 e. The first-order chi connectivity index (χ1) is 4.34. The number of carbonyl (C=O) groups is 1. The first-order valence-corrected chi connectivity index (χ1v) is 2.78. The third-order valence-electron chi connectivity index (χ3n) is 1.26. The molecule has 0 amide bonds. The Hall–Kier alpha value is -1.12. The Balaban J connectivity index is 2.69. The van der Waals surface area contributed by atoms with Crippen molar-refractivity contribution in [2.75, 3.05) is 0 Å². The molecule has 0 fully saturated rings. The van der Waals surface area contributed by atoms with Gasteiger partial charge in [-0.3, -0.25) is 0 Å². The van der Waals surface area contributed by atoms with E-state index < -0.39 is 0 Å². The van der Waals surface area contributed by atoms with Crippen LogP contribution in [-0.2, 0) is 4.79 Å². The van der Waals surface area contributed by atoms with E-state index in [0.29, 0.717) is 12.3 Å². The van der Waals surface area contributed by atoms with Crippen LogP contribution in [0.5, 0.6) is 0 Å². The summed E-state index contributed by atoms with van der Waals surface area (Å²) in [5.74, 6) is 0.238. The molecule has 3 nitrogen and oxygen atoms in total. The molecule has 48 valence electrons. The predicted molar refractivity (Wildman–Crippen MR) is 34.9 cm³/mol. The van der Waals surface area contributed by atoms with Crippen molar-refractivity contribution < 1.29 is 4.79 Å². The van der Waals surface area contributed by atoms with Gasteiger partial charge in [-0.05, 0) is 6.42 Å². The van der Waals surface area contributed by atoms with Gasteiger partial charge in [0.25, 0.3) is 0 Å². The first-order valence-electron chi connectivity index (χ1n) is 2.78. The molecule has 9 heavy (non-hydrogen) atoms. The average Bonchev–Trinajstić information content (AvgIpc) is 1.89. The monoisotopic (exact) mass is 124 g/mol. The predicted octanol–water partition coefficient (Wildman–Crippen LogP) is 0.0761. The molecule has 1 rings (SSSR count). The van der Waals surface area contributed by atoms with Crippen LogP contribution in [0.2, 0.25) is 0 Å². The number of amidine groups is 1. The Kier molecular flexibility index (Phi) is 1.63. The van der Waals surface area contributed by atoms with Gasteiger partial charge in [-0.15, -0.1) is 0 Å². The highest BCUT2D eigenvalue weighted by molar-refractivity contribution is 5.95. The lowest BCUT2D eigenvalue weighted by Gasteiger charge is -2.08. The van der Waals surface area contributed by atoms with E-state index in [1.165, 1.54) is 0 Å². The summed E-state index contributed by atoms with van der Waals surface area (Å²) in [7, 11) is 0. The van der Waals surface area contributed by atoms with E-state index in [9.17, 15) is 4.79 Å². The summed E-state index contributed by atoms with van der Waals surface area (Å²) in [6, 6.07) is 0. The van der Waals surface area contributed by atoms with Gasteiger partial charge in [0.2, 0.25) is 0 Å². The Bertz CT molecular complexity index is 172. The Morgan fingerprint density at radius 3 is 3.11 bits per heavy atom. The van der Waals surface area contributed by atoms with Crippen LogP contribution in [0.4, 0.5) is 0 Å². The highest BCUT2D eigenvalue weighted by Crippen LogP contribution is 2.05. The SMILES string of the molecule is NC1=NC=CCC1C=O. The highest BCUT2D eigenvalue weighted by Gasteiger charge is 2.11. The molecule has 0 bridgehead atoms. The molecule has 1 unspecified atom stereocenters. The number of carbonyl (C=O) groups excluding carboxylic acids is 1. The zero-order chi connectivity index (χ0) is 6.69. The van der Waals surface area contributed by atoms with Gasteiger partial charge >= 0.3 is 0 Å². The summed E-state index contributed by atoms with van der Waals surface area (Å²) in [5.41, 5.74) is 5.36. The van der Waals surface area contributed by atoms with E-state index in [1.54, 1.807) is 6.20 Å². The highest BCUT2D eigenvalue weighted by atomic mass is 16.1. The lowest BCUT2D eigenvalue weighted by atomic mass is 10.1. The van der Waals surface area contributed by atoms with Gasteiger partial charge in [-0.25, -0.2) is 4.99 Å². The lowest BCUT2D eigenvalue weighted by Crippen LogP contribution is -2.25. The van der Waals surface area contributed by atoms with Gasteiger partial charge in [0.05, 0.1) is 5.92 Å². The molecule has 0 aromatic rings. The van der Waals surface area contributed by atoms with E-state index in [2.05, 4.69) is 4.99 Å². The van der Waals surface area contributed by atoms with Gasteiger partial charge < -0.3 is 10.5 Å². The van der Waals surface area contributed by atoms with E-state index >= 15 is 0 Å². The molecule has 3 heteroatoms. The summed E-state index contributed by atoms with van der Waals surface area (Å²) in [5, 5.41) is 0. The topological polar surface area (TPSA) is 55.4 Å². The quantitative estimate of drug-likeness (QED) is 0.503. The third kappa shape index (κ3) is 1.16. The Morgan fingerprint density at radius 1 is 1.89 bits per heavy atom. The van der Waals surface area contributed by atoms with Crippen LogP contribution in [0.1, 0.15) is 6.42 Å². The first kappa shape index (κ1) is 6.01. The lowest BCUT2D eigenvalue weighted by molar-refractivity contribution is -0.109. The molecule has 0 aliphatic carbocycles. The second-order valence-electron chi connectivity index (χ2n) is 1.92. The van der Waals surface area contributed by atoms with Crippen molar-refractivity contribution >= 4 is 12.1 Å². The smallest absolute Gasteiger partial charge is 0.130 e. The van der Waals surface area contributed by atoms with E-state index in [0.717, 1.165) is 6.29 Å². The van der Waals surface area contributed by atoms with Crippen LogP contribution in [0.3, 0.4) is 0 Å².